The Morgan fingerprint density at radius 3 is 2.26 bits per heavy atom. The number of hydrogen-bond acceptors (Lipinski definition) is 5. The van der Waals surface area contributed by atoms with Crippen molar-refractivity contribution in [2.75, 3.05) is 18.4 Å². The zero-order chi connectivity index (χ0) is 19.4. The molecule has 0 bridgehead atoms. The number of ether oxygens (including phenoxy) is 1. The summed E-state index contributed by atoms with van der Waals surface area (Å²) < 4.78 is 32.7. The number of rotatable bonds is 7. The molecule has 2 rings (SSSR count). The fourth-order valence-corrected chi connectivity index (χ4v) is 3.20. The van der Waals surface area contributed by atoms with Crippen LogP contribution in [0.25, 0.3) is 0 Å². The van der Waals surface area contributed by atoms with Crippen LogP contribution in [0.4, 0.5) is 5.69 Å². The van der Waals surface area contributed by atoms with E-state index in [1.807, 2.05) is 0 Å². The predicted octanol–water partition coefficient (Wildman–Crippen LogP) is 2.38. The van der Waals surface area contributed by atoms with Gasteiger partial charge < -0.3 is 15.8 Å². The Hall–Kier alpha value is -2.29. The summed E-state index contributed by atoms with van der Waals surface area (Å²) >= 11 is 0. The zero-order valence-electron chi connectivity index (χ0n) is 15.4. The van der Waals surface area contributed by atoms with Crippen molar-refractivity contribution in [3.63, 3.8) is 0 Å². The number of carbonyl (C=O) groups is 1. The Morgan fingerprint density at radius 2 is 1.70 bits per heavy atom. The van der Waals surface area contributed by atoms with E-state index in [2.05, 4.69) is 10.0 Å². The van der Waals surface area contributed by atoms with Crippen LogP contribution in [-0.2, 0) is 10.0 Å². The van der Waals surface area contributed by atoms with Crippen LogP contribution >= 0.6 is 12.4 Å². The highest BCUT2D eigenvalue weighted by Crippen LogP contribution is 2.26. The maximum absolute atomic E-state index is 12.5. The van der Waals surface area contributed by atoms with Gasteiger partial charge in [0.25, 0.3) is 15.9 Å². The molecule has 0 saturated carbocycles. The molecule has 0 fully saturated rings. The molecular weight excluding hydrogens is 390 g/mol. The van der Waals surface area contributed by atoms with Crippen molar-refractivity contribution >= 4 is 34.0 Å². The highest BCUT2D eigenvalue weighted by molar-refractivity contribution is 7.92. The lowest BCUT2D eigenvalue weighted by Crippen LogP contribution is -2.45. The molecule has 4 N–H and O–H groups in total. The molecule has 2 aromatic rings. The monoisotopic (exact) mass is 413 g/mol. The highest BCUT2D eigenvalue weighted by Gasteiger charge is 2.18. The first-order chi connectivity index (χ1) is 12.1. The molecule has 0 atom stereocenters. The summed E-state index contributed by atoms with van der Waals surface area (Å²) in [5.74, 6) is 0.0987. The standard InChI is InChI=1S/C18H23N3O4S.ClH/c1-18(2,19)12-20-17(22)13-8-10-14(11-9-13)26(23,24)21-15-6-4-5-7-16(15)25-3;/h4-11,21H,12,19H2,1-3H3,(H,20,22);1H. The van der Waals surface area contributed by atoms with E-state index in [1.165, 1.54) is 31.4 Å². The fraction of sp³-hybridized carbons (Fsp3) is 0.278. The van der Waals surface area contributed by atoms with Crippen molar-refractivity contribution in [1.82, 2.24) is 5.32 Å². The third-order valence-corrected chi connectivity index (χ3v) is 4.86. The Balaban J connectivity index is 0.00000364. The number of halogens is 1. The molecule has 148 valence electrons. The Labute approximate surface area is 165 Å². The maximum Gasteiger partial charge on any atom is 0.262 e. The SMILES string of the molecule is COc1ccccc1NS(=O)(=O)c1ccc(C(=O)NCC(C)(C)N)cc1.Cl. The van der Waals surface area contributed by atoms with Crippen molar-refractivity contribution in [1.29, 1.82) is 0 Å². The van der Waals surface area contributed by atoms with Crippen LogP contribution < -0.4 is 20.5 Å². The van der Waals surface area contributed by atoms with Crippen molar-refractivity contribution in [2.45, 2.75) is 24.3 Å². The summed E-state index contributed by atoms with van der Waals surface area (Å²) in [7, 11) is -2.34. The van der Waals surface area contributed by atoms with Gasteiger partial charge in [0, 0.05) is 17.6 Å². The highest BCUT2D eigenvalue weighted by atomic mass is 35.5. The lowest BCUT2D eigenvalue weighted by molar-refractivity contribution is 0.0946. The minimum Gasteiger partial charge on any atom is -0.495 e. The largest absolute Gasteiger partial charge is 0.495 e. The number of benzene rings is 2. The molecule has 27 heavy (non-hydrogen) atoms. The lowest BCUT2D eigenvalue weighted by atomic mass is 10.1. The molecule has 0 aliphatic heterocycles. The van der Waals surface area contributed by atoms with Gasteiger partial charge in [0.15, 0.2) is 0 Å². The van der Waals surface area contributed by atoms with E-state index >= 15 is 0 Å². The second kappa shape index (κ2) is 9.07. The first-order valence-electron chi connectivity index (χ1n) is 7.95. The summed E-state index contributed by atoms with van der Waals surface area (Å²) in [6.45, 7) is 3.90. The number of anilines is 1. The van der Waals surface area contributed by atoms with Crippen molar-refractivity contribution in [3.8, 4) is 5.75 Å². The first kappa shape index (κ1) is 22.8. The number of nitrogens with two attached hydrogens (primary N) is 1. The van der Waals surface area contributed by atoms with Gasteiger partial charge in [-0.15, -0.1) is 12.4 Å². The molecule has 7 nitrogen and oxygen atoms in total. The van der Waals surface area contributed by atoms with E-state index in [0.29, 0.717) is 23.5 Å². The number of hydrogen-bond donors (Lipinski definition) is 3. The van der Waals surface area contributed by atoms with Gasteiger partial charge in [-0.1, -0.05) is 12.1 Å². The van der Waals surface area contributed by atoms with Crippen LogP contribution in [0.15, 0.2) is 53.4 Å². The molecule has 0 saturated heterocycles. The van der Waals surface area contributed by atoms with Crippen LogP contribution in [-0.4, -0.2) is 33.5 Å². The van der Waals surface area contributed by atoms with E-state index in [4.69, 9.17) is 10.5 Å². The van der Waals surface area contributed by atoms with E-state index in [1.54, 1.807) is 38.1 Å². The molecular formula is C18H24ClN3O4S. The molecule has 0 spiro atoms. The zero-order valence-corrected chi connectivity index (χ0v) is 17.0. The predicted molar refractivity (Wildman–Crippen MR) is 108 cm³/mol. The van der Waals surface area contributed by atoms with Gasteiger partial charge in [-0.05, 0) is 50.2 Å². The first-order valence-corrected chi connectivity index (χ1v) is 9.44. The van der Waals surface area contributed by atoms with Crippen LogP contribution in [0.5, 0.6) is 5.75 Å². The van der Waals surface area contributed by atoms with Gasteiger partial charge in [0.2, 0.25) is 0 Å². The van der Waals surface area contributed by atoms with E-state index in [9.17, 15) is 13.2 Å². The Morgan fingerprint density at radius 1 is 1.11 bits per heavy atom. The average molecular weight is 414 g/mol. The molecule has 0 aliphatic carbocycles. The molecule has 0 unspecified atom stereocenters. The fourth-order valence-electron chi connectivity index (χ4n) is 2.13. The summed E-state index contributed by atoms with van der Waals surface area (Å²) in [4.78, 5) is 12.1. The third kappa shape index (κ3) is 6.42. The number of sulfonamides is 1. The number of carbonyl (C=O) groups excluding carboxylic acids is 1. The molecule has 9 heteroatoms. The van der Waals surface area contributed by atoms with Gasteiger partial charge >= 0.3 is 0 Å². The molecule has 0 aliphatic rings. The van der Waals surface area contributed by atoms with Gasteiger partial charge in [0.1, 0.15) is 5.75 Å². The normalized spacial score (nSPS) is 11.3. The maximum atomic E-state index is 12.5. The Kier molecular flexibility index (Phi) is 7.65. The molecule has 0 aromatic heterocycles. The quantitative estimate of drug-likeness (QED) is 0.645. The van der Waals surface area contributed by atoms with Crippen molar-refractivity contribution in [2.24, 2.45) is 5.73 Å². The molecule has 1 amide bonds. The van der Waals surface area contributed by atoms with Crippen LogP contribution in [0.3, 0.4) is 0 Å². The minimum atomic E-state index is -3.81. The number of methoxy groups -OCH3 is 1. The van der Waals surface area contributed by atoms with E-state index in [-0.39, 0.29) is 23.2 Å². The average Bonchev–Trinajstić information content (AvgIpc) is 2.59. The molecule has 0 heterocycles. The summed E-state index contributed by atoms with van der Waals surface area (Å²) in [5.41, 5.74) is 5.98. The molecule has 0 radical (unpaired) electrons. The summed E-state index contributed by atoms with van der Waals surface area (Å²) in [5, 5.41) is 2.71. The Bertz CT molecular complexity index is 878. The van der Waals surface area contributed by atoms with E-state index < -0.39 is 15.6 Å². The minimum absolute atomic E-state index is 0. The van der Waals surface area contributed by atoms with Gasteiger partial charge in [-0.25, -0.2) is 8.42 Å². The molecule has 2 aromatic carbocycles. The summed E-state index contributed by atoms with van der Waals surface area (Å²) in [6.07, 6.45) is 0. The third-order valence-electron chi connectivity index (χ3n) is 3.48. The van der Waals surface area contributed by atoms with Gasteiger partial charge in [0.05, 0.1) is 17.7 Å². The summed E-state index contributed by atoms with van der Waals surface area (Å²) in [6, 6.07) is 12.4. The van der Waals surface area contributed by atoms with Crippen molar-refractivity contribution in [3.05, 3.63) is 54.1 Å². The van der Waals surface area contributed by atoms with Crippen molar-refractivity contribution < 1.29 is 17.9 Å². The second-order valence-corrected chi connectivity index (χ2v) is 8.18. The lowest BCUT2D eigenvalue weighted by Gasteiger charge is -2.18. The number of para-hydroxylation sites is 2. The van der Waals surface area contributed by atoms with Crippen LogP contribution in [0, 0.1) is 0 Å². The van der Waals surface area contributed by atoms with Gasteiger partial charge in [-0.3, -0.25) is 9.52 Å². The number of nitrogens with one attached hydrogen (secondary N) is 2. The van der Waals surface area contributed by atoms with Crippen LogP contribution in [0.1, 0.15) is 24.2 Å². The second-order valence-electron chi connectivity index (χ2n) is 6.50. The topological polar surface area (TPSA) is 111 Å². The smallest absolute Gasteiger partial charge is 0.262 e. The van der Waals surface area contributed by atoms with Crippen LogP contribution in [0.2, 0.25) is 0 Å². The van der Waals surface area contributed by atoms with Gasteiger partial charge in [-0.2, -0.15) is 0 Å². The van der Waals surface area contributed by atoms with E-state index in [0.717, 1.165) is 0 Å². The number of amides is 1.